The van der Waals surface area contributed by atoms with Crippen molar-refractivity contribution in [3.8, 4) is 0 Å². The van der Waals surface area contributed by atoms with Crippen molar-refractivity contribution in [2.75, 3.05) is 11.9 Å². The number of anilines is 2. The first-order valence-corrected chi connectivity index (χ1v) is 15.3. The highest BCUT2D eigenvalue weighted by Crippen LogP contribution is 2.25. The standard InChI is InChI=1S/C27H23N5O8S2/c1-2-32-25(33)21-10-9-17(12-22(21)26(32)34)14-24-29-23(13-16-5-3-7-19(11-16)41(35,36)37)30-27(31-24)28-18-6-4-8-20(15-18)42(38,39)40/h3-12,15H,2,13-14H2,1H3,(H,35,36,37)(H,38,39,40)(H,28,29,30,31). The molecule has 0 saturated heterocycles. The van der Waals surface area contributed by atoms with Gasteiger partial charge in [-0.25, -0.2) is 4.98 Å². The molecule has 5 rings (SSSR count). The van der Waals surface area contributed by atoms with E-state index in [1.54, 1.807) is 31.2 Å². The second-order valence-electron chi connectivity index (χ2n) is 9.33. The molecule has 1 aliphatic rings. The third-order valence-electron chi connectivity index (χ3n) is 6.39. The molecular formula is C27H23N5O8S2. The average Bonchev–Trinajstić information content (AvgIpc) is 3.16. The van der Waals surface area contributed by atoms with Crippen LogP contribution < -0.4 is 5.32 Å². The van der Waals surface area contributed by atoms with Gasteiger partial charge in [0.15, 0.2) is 0 Å². The largest absolute Gasteiger partial charge is 0.324 e. The molecular weight excluding hydrogens is 586 g/mol. The van der Waals surface area contributed by atoms with E-state index in [0.717, 1.165) is 4.90 Å². The molecule has 0 atom stereocenters. The predicted molar refractivity (Wildman–Crippen MR) is 149 cm³/mol. The maximum atomic E-state index is 12.7. The van der Waals surface area contributed by atoms with Crippen LogP contribution in [-0.4, -0.2) is 64.2 Å². The van der Waals surface area contributed by atoms with Gasteiger partial charge in [-0.2, -0.15) is 26.8 Å². The minimum atomic E-state index is -4.47. The highest BCUT2D eigenvalue weighted by molar-refractivity contribution is 7.86. The molecule has 42 heavy (non-hydrogen) atoms. The molecule has 2 amide bonds. The zero-order chi connectivity index (χ0) is 30.2. The molecule has 3 N–H and O–H groups in total. The van der Waals surface area contributed by atoms with Crippen molar-refractivity contribution in [3.05, 3.63) is 101 Å². The highest BCUT2D eigenvalue weighted by Gasteiger charge is 2.34. The number of nitrogens with zero attached hydrogens (tertiary/aromatic N) is 4. The lowest BCUT2D eigenvalue weighted by Gasteiger charge is -2.11. The summed E-state index contributed by atoms with van der Waals surface area (Å²) in [5.41, 5.74) is 1.95. The van der Waals surface area contributed by atoms with E-state index in [9.17, 15) is 35.5 Å². The van der Waals surface area contributed by atoms with E-state index in [4.69, 9.17) is 0 Å². The molecule has 0 radical (unpaired) electrons. The Hall–Kier alpha value is -4.57. The Balaban J connectivity index is 1.51. The molecule has 2 heterocycles. The number of imide groups is 1. The van der Waals surface area contributed by atoms with E-state index in [1.165, 1.54) is 42.5 Å². The quantitative estimate of drug-likeness (QED) is 0.186. The Bertz CT molecular complexity index is 1870. The first-order chi connectivity index (χ1) is 19.8. The number of nitrogens with one attached hydrogen (secondary N) is 1. The van der Waals surface area contributed by atoms with Crippen molar-refractivity contribution in [2.24, 2.45) is 0 Å². The van der Waals surface area contributed by atoms with E-state index in [0.29, 0.717) is 16.7 Å². The van der Waals surface area contributed by atoms with Crippen LogP contribution in [0.25, 0.3) is 0 Å². The summed E-state index contributed by atoms with van der Waals surface area (Å²) in [4.78, 5) is 39.0. The number of aromatic nitrogens is 3. The van der Waals surface area contributed by atoms with Crippen LogP contribution >= 0.6 is 0 Å². The van der Waals surface area contributed by atoms with Gasteiger partial charge in [0, 0.05) is 25.1 Å². The Labute approximate surface area is 240 Å². The summed E-state index contributed by atoms with van der Waals surface area (Å²) in [5.74, 6) is -0.264. The number of carbonyl (C=O) groups is 2. The normalized spacial score (nSPS) is 13.4. The van der Waals surface area contributed by atoms with Crippen LogP contribution in [0.1, 0.15) is 50.4 Å². The molecule has 4 aromatic rings. The van der Waals surface area contributed by atoms with E-state index in [1.807, 2.05) is 0 Å². The number of hydrogen-bond donors (Lipinski definition) is 3. The fourth-order valence-corrected chi connectivity index (χ4v) is 5.54. The highest BCUT2D eigenvalue weighted by atomic mass is 32.2. The molecule has 3 aromatic carbocycles. The van der Waals surface area contributed by atoms with Gasteiger partial charge in [0.2, 0.25) is 5.95 Å². The maximum absolute atomic E-state index is 12.7. The predicted octanol–water partition coefficient (Wildman–Crippen LogP) is 2.91. The molecule has 0 spiro atoms. The fraction of sp³-hybridized carbons (Fsp3) is 0.148. The average molecular weight is 610 g/mol. The molecule has 15 heteroatoms. The molecule has 216 valence electrons. The molecule has 13 nitrogen and oxygen atoms in total. The van der Waals surface area contributed by atoms with Gasteiger partial charge in [0.1, 0.15) is 11.6 Å². The summed E-state index contributed by atoms with van der Waals surface area (Å²) in [7, 11) is -8.91. The lowest BCUT2D eigenvalue weighted by atomic mass is 10.0. The summed E-state index contributed by atoms with van der Waals surface area (Å²) in [6, 6.07) is 15.8. The van der Waals surface area contributed by atoms with Gasteiger partial charge < -0.3 is 5.32 Å². The number of benzene rings is 3. The Morgan fingerprint density at radius 2 is 1.29 bits per heavy atom. The Morgan fingerprint density at radius 3 is 1.90 bits per heavy atom. The summed E-state index contributed by atoms with van der Waals surface area (Å²) in [6.45, 7) is 1.95. The van der Waals surface area contributed by atoms with Crippen LogP contribution in [0.5, 0.6) is 0 Å². The fourth-order valence-electron chi connectivity index (χ4n) is 4.46. The van der Waals surface area contributed by atoms with E-state index < -0.39 is 26.1 Å². The molecule has 1 aromatic heterocycles. The lowest BCUT2D eigenvalue weighted by Crippen LogP contribution is -2.29. The van der Waals surface area contributed by atoms with Crippen molar-refractivity contribution < 1.29 is 35.5 Å². The van der Waals surface area contributed by atoms with Crippen LogP contribution in [0.15, 0.2) is 76.5 Å². The second kappa shape index (κ2) is 11.0. The molecule has 1 aliphatic heterocycles. The van der Waals surface area contributed by atoms with Crippen LogP contribution in [0, 0.1) is 0 Å². The van der Waals surface area contributed by atoms with Gasteiger partial charge in [-0.05, 0) is 60.5 Å². The maximum Gasteiger partial charge on any atom is 0.294 e. The Morgan fingerprint density at radius 1 is 0.714 bits per heavy atom. The number of hydrogen-bond acceptors (Lipinski definition) is 10. The van der Waals surface area contributed by atoms with Gasteiger partial charge in [-0.1, -0.05) is 24.3 Å². The number of fused-ring (bicyclic) bond motifs is 1. The van der Waals surface area contributed by atoms with E-state index in [2.05, 4.69) is 20.3 Å². The number of rotatable bonds is 9. The summed E-state index contributed by atoms with van der Waals surface area (Å²) in [6.07, 6.45) is 0.169. The third kappa shape index (κ3) is 6.18. The van der Waals surface area contributed by atoms with Crippen LogP contribution in [-0.2, 0) is 33.1 Å². The first-order valence-electron chi connectivity index (χ1n) is 12.5. The first kappa shape index (κ1) is 28.9. The van der Waals surface area contributed by atoms with Gasteiger partial charge in [-0.15, -0.1) is 0 Å². The third-order valence-corrected chi connectivity index (χ3v) is 8.09. The molecule has 0 aliphatic carbocycles. The van der Waals surface area contributed by atoms with Crippen LogP contribution in [0.3, 0.4) is 0 Å². The molecule has 0 saturated carbocycles. The topological polar surface area (TPSA) is 197 Å². The van der Waals surface area contributed by atoms with Crippen molar-refractivity contribution in [1.82, 2.24) is 19.9 Å². The van der Waals surface area contributed by atoms with Crippen molar-refractivity contribution >= 4 is 43.7 Å². The van der Waals surface area contributed by atoms with E-state index >= 15 is 0 Å². The summed E-state index contributed by atoms with van der Waals surface area (Å²) in [5, 5.41) is 2.89. The van der Waals surface area contributed by atoms with Gasteiger partial charge >= 0.3 is 0 Å². The smallest absolute Gasteiger partial charge is 0.294 e. The molecule has 0 fully saturated rings. The van der Waals surface area contributed by atoms with Gasteiger partial charge in [0.25, 0.3) is 32.1 Å². The Kier molecular flexibility index (Phi) is 7.59. The van der Waals surface area contributed by atoms with Crippen molar-refractivity contribution in [1.29, 1.82) is 0 Å². The van der Waals surface area contributed by atoms with E-state index in [-0.39, 0.29) is 63.9 Å². The summed E-state index contributed by atoms with van der Waals surface area (Å²) >= 11 is 0. The molecule has 0 bridgehead atoms. The van der Waals surface area contributed by atoms with Crippen LogP contribution in [0.4, 0.5) is 11.6 Å². The van der Waals surface area contributed by atoms with Gasteiger partial charge in [0.05, 0.1) is 20.9 Å². The number of amides is 2. The number of carbonyl (C=O) groups excluding carboxylic acids is 2. The van der Waals surface area contributed by atoms with Crippen molar-refractivity contribution in [2.45, 2.75) is 29.6 Å². The van der Waals surface area contributed by atoms with Crippen LogP contribution in [0.2, 0.25) is 0 Å². The zero-order valence-corrected chi connectivity index (χ0v) is 23.6. The second-order valence-corrected chi connectivity index (χ2v) is 12.2. The minimum Gasteiger partial charge on any atom is -0.324 e. The molecule has 0 unspecified atom stereocenters. The zero-order valence-electron chi connectivity index (χ0n) is 21.9. The minimum absolute atomic E-state index is 0.0259. The van der Waals surface area contributed by atoms with Gasteiger partial charge in [-0.3, -0.25) is 23.6 Å². The summed E-state index contributed by atoms with van der Waals surface area (Å²) < 4.78 is 65.2. The lowest BCUT2D eigenvalue weighted by molar-refractivity contribution is 0.0662. The SMILES string of the molecule is CCN1C(=O)c2ccc(Cc3nc(Cc4cccc(S(=O)(=O)O)c4)nc(Nc4cccc(S(=O)(=O)O)c4)n3)cc2C1=O. The van der Waals surface area contributed by atoms with Crippen molar-refractivity contribution in [3.63, 3.8) is 0 Å². The monoisotopic (exact) mass is 609 g/mol.